The average Bonchev–Trinajstić information content (AvgIpc) is 3.23. The Morgan fingerprint density at radius 3 is 2.53 bits per heavy atom. The molecule has 3 aromatic rings. The van der Waals surface area contributed by atoms with Gasteiger partial charge in [-0.15, -0.1) is 0 Å². The largest absolute Gasteiger partial charge is 0.320 e. The molecule has 0 aliphatic carbocycles. The monoisotopic (exact) mass is 482 g/mol. The fourth-order valence-corrected chi connectivity index (χ4v) is 4.63. The third-order valence-corrected chi connectivity index (χ3v) is 6.64. The second-order valence-electron chi connectivity index (χ2n) is 9.15. The fourth-order valence-electron chi connectivity index (χ4n) is 4.63. The molecule has 2 aromatic carbocycles. The molecule has 8 nitrogen and oxygen atoms in total. The first-order chi connectivity index (χ1) is 17.5. The molecule has 2 aliphatic rings. The van der Waals surface area contributed by atoms with E-state index in [4.69, 9.17) is 0 Å². The van der Waals surface area contributed by atoms with Gasteiger partial charge in [0.15, 0.2) is 0 Å². The van der Waals surface area contributed by atoms with Crippen molar-refractivity contribution in [3.8, 4) is 0 Å². The van der Waals surface area contributed by atoms with Gasteiger partial charge in [0.1, 0.15) is 5.70 Å². The minimum absolute atomic E-state index is 0.0957. The number of likely N-dealkylation sites (N-methyl/N-ethyl adjacent to an activating group) is 2. The second-order valence-corrected chi connectivity index (χ2v) is 9.15. The lowest BCUT2D eigenvalue weighted by atomic mass is 10.1. The Labute approximate surface area is 210 Å². The van der Waals surface area contributed by atoms with Crippen molar-refractivity contribution in [3.63, 3.8) is 0 Å². The Balaban J connectivity index is 1.61. The number of rotatable bonds is 6. The molecule has 184 valence electrons. The van der Waals surface area contributed by atoms with Gasteiger partial charge in [0.05, 0.1) is 24.1 Å². The molecule has 0 unspecified atom stereocenters. The van der Waals surface area contributed by atoms with Crippen LogP contribution < -0.4 is 20.8 Å². The standard InChI is InChI=1S/C28H30N6O2/c1-31-14-16-33(17-15-31)20-25(35)32(2)34(23-11-7-13-29-19-23)27-26-22(18-21-8-4-3-5-9-21)10-6-12-24(26)30-28(27)36/h3-13,18-19H,14-17,20H2,1-2H3,(H,30,36)/b22-18-. The summed E-state index contributed by atoms with van der Waals surface area (Å²) in [7, 11) is 3.81. The van der Waals surface area contributed by atoms with Crippen molar-refractivity contribution in [1.82, 2.24) is 19.8 Å². The Hall–Kier alpha value is -4.01. The molecular weight excluding hydrogens is 452 g/mol. The van der Waals surface area contributed by atoms with Crippen molar-refractivity contribution in [3.05, 3.63) is 89.1 Å². The number of nitrogens with one attached hydrogen (secondary N) is 1. The van der Waals surface area contributed by atoms with Gasteiger partial charge in [-0.3, -0.25) is 24.5 Å². The van der Waals surface area contributed by atoms with Gasteiger partial charge in [-0.25, -0.2) is 5.01 Å². The third kappa shape index (κ3) is 4.86. The van der Waals surface area contributed by atoms with Crippen molar-refractivity contribution in [2.24, 2.45) is 0 Å². The summed E-state index contributed by atoms with van der Waals surface area (Å²) in [5.74, 6) is -0.358. The van der Waals surface area contributed by atoms with Crippen LogP contribution in [0.15, 0.2) is 73.1 Å². The summed E-state index contributed by atoms with van der Waals surface area (Å²) in [6.07, 6.45) is 5.39. The van der Waals surface area contributed by atoms with Crippen LogP contribution in [0.3, 0.4) is 0 Å². The zero-order valence-corrected chi connectivity index (χ0v) is 20.6. The lowest BCUT2D eigenvalue weighted by molar-refractivity contribution is -0.131. The number of piperazine rings is 1. The van der Waals surface area contributed by atoms with E-state index in [1.807, 2.05) is 60.7 Å². The first-order valence-electron chi connectivity index (χ1n) is 12.1. The molecule has 0 bridgehead atoms. The number of aromatic nitrogens is 1. The highest BCUT2D eigenvalue weighted by atomic mass is 16.2. The molecule has 0 spiro atoms. The molecule has 36 heavy (non-hydrogen) atoms. The average molecular weight is 483 g/mol. The molecule has 5 rings (SSSR count). The number of anilines is 2. The number of benzene rings is 2. The summed E-state index contributed by atoms with van der Waals surface area (Å²) < 4.78 is 0. The zero-order valence-electron chi connectivity index (χ0n) is 20.6. The molecule has 1 saturated heterocycles. The summed E-state index contributed by atoms with van der Waals surface area (Å²) in [6.45, 7) is 3.79. The van der Waals surface area contributed by atoms with E-state index in [9.17, 15) is 9.59 Å². The number of nitrogens with zero attached hydrogens (tertiary/aromatic N) is 5. The summed E-state index contributed by atoms with van der Waals surface area (Å²) in [4.78, 5) is 35.6. The van der Waals surface area contributed by atoms with Crippen molar-refractivity contribution < 1.29 is 9.59 Å². The van der Waals surface area contributed by atoms with E-state index in [0.29, 0.717) is 17.1 Å². The van der Waals surface area contributed by atoms with Gasteiger partial charge in [-0.05, 0) is 42.1 Å². The van der Waals surface area contributed by atoms with E-state index >= 15 is 0 Å². The van der Waals surface area contributed by atoms with Gasteiger partial charge >= 0.3 is 0 Å². The molecule has 1 N–H and O–H groups in total. The van der Waals surface area contributed by atoms with E-state index in [-0.39, 0.29) is 18.4 Å². The minimum Gasteiger partial charge on any atom is -0.320 e. The van der Waals surface area contributed by atoms with Crippen molar-refractivity contribution >= 4 is 35.0 Å². The van der Waals surface area contributed by atoms with E-state index in [1.54, 1.807) is 35.5 Å². The lowest BCUT2D eigenvalue weighted by Gasteiger charge is -2.36. The Morgan fingerprint density at radius 2 is 1.81 bits per heavy atom. The van der Waals surface area contributed by atoms with Crippen LogP contribution >= 0.6 is 0 Å². The summed E-state index contributed by atoms with van der Waals surface area (Å²) in [5, 5.41) is 7.87. The van der Waals surface area contributed by atoms with Crippen LogP contribution in [0.5, 0.6) is 0 Å². The van der Waals surface area contributed by atoms with Crippen LogP contribution in [-0.2, 0) is 9.59 Å². The molecule has 1 fully saturated rings. The van der Waals surface area contributed by atoms with Gasteiger partial charge in [-0.1, -0.05) is 42.5 Å². The number of carbonyl (C=O) groups excluding carboxylic acids is 2. The van der Waals surface area contributed by atoms with E-state index in [0.717, 1.165) is 42.2 Å². The van der Waals surface area contributed by atoms with Gasteiger partial charge in [-0.2, -0.15) is 0 Å². The highest BCUT2D eigenvalue weighted by Crippen LogP contribution is 2.24. The van der Waals surface area contributed by atoms with Gasteiger partial charge in [0.2, 0.25) is 0 Å². The minimum atomic E-state index is -0.262. The smallest absolute Gasteiger partial charge is 0.275 e. The third-order valence-electron chi connectivity index (χ3n) is 6.64. The van der Waals surface area contributed by atoms with E-state index < -0.39 is 0 Å². The molecule has 3 heterocycles. The van der Waals surface area contributed by atoms with Gasteiger partial charge in [0, 0.05) is 44.6 Å². The Kier molecular flexibility index (Phi) is 6.79. The van der Waals surface area contributed by atoms with E-state index in [2.05, 4.69) is 27.1 Å². The number of hydrogen-bond donors (Lipinski definition) is 1. The fraction of sp³-hybridized carbons (Fsp3) is 0.250. The zero-order chi connectivity index (χ0) is 25.1. The highest BCUT2D eigenvalue weighted by Gasteiger charge is 2.32. The number of hydrogen-bond acceptors (Lipinski definition) is 6. The SMILES string of the molecule is CN1CCN(CC(=O)N(C)N(C2=c3c(ccc/c3=C/c3ccccc3)NC2=O)c2cccnc2)CC1. The predicted molar refractivity (Wildman–Crippen MR) is 141 cm³/mol. The van der Waals surface area contributed by atoms with Crippen LogP contribution in [0, 0.1) is 0 Å². The second kappa shape index (κ2) is 10.3. The highest BCUT2D eigenvalue weighted by molar-refractivity contribution is 6.27. The van der Waals surface area contributed by atoms with Gasteiger partial charge in [0.25, 0.3) is 11.8 Å². The number of fused-ring (bicyclic) bond motifs is 1. The quantitative estimate of drug-likeness (QED) is 0.531. The topological polar surface area (TPSA) is 72.0 Å². The molecule has 0 saturated carbocycles. The van der Waals surface area contributed by atoms with Crippen LogP contribution in [0.1, 0.15) is 5.56 Å². The predicted octanol–water partition coefficient (Wildman–Crippen LogP) is 1.10. The van der Waals surface area contributed by atoms with Crippen molar-refractivity contribution in [2.75, 3.05) is 57.1 Å². The van der Waals surface area contributed by atoms with Crippen molar-refractivity contribution in [1.29, 1.82) is 0 Å². The summed E-state index contributed by atoms with van der Waals surface area (Å²) >= 11 is 0. The molecular formula is C28H30N6O2. The number of amides is 2. The van der Waals surface area contributed by atoms with Gasteiger partial charge < -0.3 is 10.2 Å². The number of carbonyl (C=O) groups is 2. The molecule has 2 amide bonds. The summed E-state index contributed by atoms with van der Waals surface area (Å²) in [5.41, 5.74) is 2.78. The van der Waals surface area contributed by atoms with Crippen LogP contribution in [0.4, 0.5) is 11.4 Å². The molecule has 0 atom stereocenters. The molecule has 1 aromatic heterocycles. The maximum Gasteiger partial charge on any atom is 0.275 e. The van der Waals surface area contributed by atoms with Crippen LogP contribution in [0.25, 0.3) is 11.8 Å². The molecule has 0 radical (unpaired) electrons. The lowest BCUT2D eigenvalue weighted by Crippen LogP contribution is -2.53. The van der Waals surface area contributed by atoms with E-state index in [1.165, 1.54) is 0 Å². The molecule has 2 aliphatic heterocycles. The van der Waals surface area contributed by atoms with Crippen LogP contribution in [-0.4, -0.2) is 78.4 Å². The first-order valence-corrected chi connectivity index (χ1v) is 12.1. The maximum atomic E-state index is 13.5. The normalized spacial score (nSPS) is 16.6. The molecule has 8 heteroatoms. The maximum absolute atomic E-state index is 13.5. The Bertz CT molecular complexity index is 1370. The Morgan fingerprint density at radius 1 is 1.03 bits per heavy atom. The van der Waals surface area contributed by atoms with Crippen molar-refractivity contribution in [2.45, 2.75) is 0 Å². The number of pyridine rings is 1. The number of hydrazine groups is 1. The first kappa shape index (κ1) is 23.7. The summed E-state index contributed by atoms with van der Waals surface area (Å²) in [6, 6.07) is 19.4. The van der Waals surface area contributed by atoms with Crippen LogP contribution in [0.2, 0.25) is 0 Å².